The summed E-state index contributed by atoms with van der Waals surface area (Å²) in [5.41, 5.74) is 2.77. The molecule has 3 aromatic rings. The zero-order valence-electron chi connectivity index (χ0n) is 19.0. The van der Waals surface area contributed by atoms with Crippen LogP contribution in [0.3, 0.4) is 0 Å². The molecular formula is C27H23BrN2O5. The van der Waals surface area contributed by atoms with Gasteiger partial charge in [0.15, 0.2) is 6.61 Å². The summed E-state index contributed by atoms with van der Waals surface area (Å²) in [5.74, 6) is -2.47. The number of rotatable bonds is 8. The number of ether oxygens (including phenoxy) is 1. The molecule has 3 aromatic carbocycles. The van der Waals surface area contributed by atoms with E-state index in [2.05, 4.69) is 21.2 Å². The minimum absolute atomic E-state index is 0.0689. The molecule has 1 heterocycles. The number of amides is 3. The van der Waals surface area contributed by atoms with Crippen LogP contribution in [-0.4, -0.2) is 41.2 Å². The number of nitrogens with zero attached hydrogens (tertiary/aromatic N) is 1. The Morgan fingerprint density at radius 2 is 1.57 bits per heavy atom. The molecule has 1 atom stereocenters. The zero-order chi connectivity index (χ0) is 24.9. The Balaban J connectivity index is 1.51. The molecule has 0 aliphatic carbocycles. The van der Waals surface area contributed by atoms with Crippen molar-refractivity contribution in [2.24, 2.45) is 0 Å². The minimum Gasteiger partial charge on any atom is -0.454 e. The molecule has 0 fully saturated rings. The molecule has 0 bridgehead atoms. The smallest absolute Gasteiger partial charge is 0.330 e. The lowest BCUT2D eigenvalue weighted by molar-refractivity contribution is -0.151. The van der Waals surface area contributed by atoms with Gasteiger partial charge in [-0.25, -0.2) is 4.79 Å². The number of fused-ring (bicyclic) bond motifs is 1. The van der Waals surface area contributed by atoms with E-state index in [1.807, 2.05) is 19.1 Å². The highest BCUT2D eigenvalue weighted by Crippen LogP contribution is 2.27. The quantitative estimate of drug-likeness (QED) is 0.341. The van der Waals surface area contributed by atoms with Gasteiger partial charge in [-0.05, 0) is 47.9 Å². The van der Waals surface area contributed by atoms with Crippen LogP contribution >= 0.6 is 15.9 Å². The number of anilines is 1. The number of hydrogen-bond donors (Lipinski definition) is 1. The van der Waals surface area contributed by atoms with E-state index in [1.165, 1.54) is 0 Å². The third-order valence-electron chi connectivity index (χ3n) is 5.75. The summed E-state index contributed by atoms with van der Waals surface area (Å²) in [6.45, 7) is 1.42. The molecule has 1 aliphatic heterocycles. The highest BCUT2D eigenvalue weighted by atomic mass is 79.9. The first kappa shape index (κ1) is 24.3. The van der Waals surface area contributed by atoms with Crippen molar-refractivity contribution in [3.05, 3.63) is 99.5 Å². The molecule has 0 radical (unpaired) electrons. The molecule has 1 N–H and O–H groups in total. The molecule has 0 saturated carbocycles. The van der Waals surface area contributed by atoms with E-state index in [4.69, 9.17) is 4.74 Å². The first-order valence-corrected chi connectivity index (χ1v) is 11.9. The highest BCUT2D eigenvalue weighted by molar-refractivity contribution is 9.10. The van der Waals surface area contributed by atoms with Crippen LogP contribution in [0.1, 0.15) is 38.8 Å². The van der Waals surface area contributed by atoms with Gasteiger partial charge in [-0.15, -0.1) is 0 Å². The minimum atomic E-state index is -1.21. The molecule has 178 valence electrons. The lowest BCUT2D eigenvalue weighted by Crippen LogP contribution is -2.47. The van der Waals surface area contributed by atoms with Crippen molar-refractivity contribution in [1.82, 2.24) is 4.90 Å². The van der Waals surface area contributed by atoms with Crippen LogP contribution in [0.5, 0.6) is 0 Å². The Kier molecular flexibility index (Phi) is 7.41. The number of halogens is 1. The number of esters is 1. The number of imide groups is 1. The van der Waals surface area contributed by atoms with Crippen molar-refractivity contribution in [3.63, 3.8) is 0 Å². The van der Waals surface area contributed by atoms with Crippen LogP contribution in [0.2, 0.25) is 0 Å². The Morgan fingerprint density at radius 3 is 2.20 bits per heavy atom. The first-order valence-electron chi connectivity index (χ1n) is 11.1. The summed E-state index contributed by atoms with van der Waals surface area (Å²) in [7, 11) is 0. The molecule has 0 spiro atoms. The van der Waals surface area contributed by atoms with Crippen LogP contribution < -0.4 is 5.32 Å². The van der Waals surface area contributed by atoms with E-state index in [9.17, 15) is 19.2 Å². The van der Waals surface area contributed by atoms with Gasteiger partial charge in [-0.1, -0.05) is 65.3 Å². The van der Waals surface area contributed by atoms with Gasteiger partial charge in [0, 0.05) is 16.6 Å². The SMILES string of the molecule is CCc1cc(Br)ccc1NC(=O)COC(=O)[C@@H](Cc1ccccc1)N1C(=O)c2ccccc2C1=O. The maximum absolute atomic E-state index is 13.1. The van der Waals surface area contributed by atoms with Crippen LogP contribution in [0.4, 0.5) is 5.69 Å². The van der Waals surface area contributed by atoms with Crippen LogP contribution in [0, 0.1) is 0 Å². The van der Waals surface area contributed by atoms with Gasteiger partial charge in [0.05, 0.1) is 11.1 Å². The summed E-state index contributed by atoms with van der Waals surface area (Å²) in [4.78, 5) is 52.7. The number of hydrogen-bond acceptors (Lipinski definition) is 5. The van der Waals surface area contributed by atoms with Gasteiger partial charge in [-0.3, -0.25) is 19.3 Å². The normalized spacial score (nSPS) is 13.4. The second-order valence-electron chi connectivity index (χ2n) is 8.04. The molecule has 7 nitrogen and oxygen atoms in total. The lowest BCUT2D eigenvalue weighted by Gasteiger charge is -2.24. The van der Waals surface area contributed by atoms with Crippen molar-refractivity contribution >= 4 is 45.3 Å². The fourth-order valence-electron chi connectivity index (χ4n) is 4.00. The number of nitrogens with one attached hydrogen (secondary N) is 1. The standard InChI is InChI=1S/C27H23BrN2O5/c1-2-18-15-19(28)12-13-22(18)29-24(31)16-35-27(34)23(14-17-8-4-3-5-9-17)30-25(32)20-10-6-7-11-21(20)26(30)33/h3-13,15,23H,2,14,16H2,1H3,(H,29,31)/t23-/m1/s1. The first-order chi connectivity index (χ1) is 16.9. The van der Waals surface area contributed by atoms with Crippen molar-refractivity contribution in [2.45, 2.75) is 25.8 Å². The number of carbonyl (C=O) groups excluding carboxylic acids is 4. The summed E-state index contributed by atoms with van der Waals surface area (Å²) in [6, 6.07) is 19.7. The predicted octanol–water partition coefficient (Wildman–Crippen LogP) is 4.40. The predicted molar refractivity (Wildman–Crippen MR) is 134 cm³/mol. The summed E-state index contributed by atoms with van der Waals surface area (Å²) in [5, 5.41) is 2.75. The Hall–Kier alpha value is -3.78. The van der Waals surface area contributed by atoms with Crippen molar-refractivity contribution in [1.29, 1.82) is 0 Å². The van der Waals surface area contributed by atoms with E-state index < -0.39 is 36.3 Å². The summed E-state index contributed by atoms with van der Waals surface area (Å²) in [6.07, 6.45) is 0.771. The number of benzene rings is 3. The molecule has 35 heavy (non-hydrogen) atoms. The fraction of sp³-hybridized carbons (Fsp3) is 0.185. The van der Waals surface area contributed by atoms with Gasteiger partial charge in [0.25, 0.3) is 17.7 Å². The van der Waals surface area contributed by atoms with Crippen LogP contribution in [-0.2, 0) is 27.2 Å². The topological polar surface area (TPSA) is 92.8 Å². The van der Waals surface area contributed by atoms with Gasteiger partial charge >= 0.3 is 5.97 Å². The van der Waals surface area contributed by atoms with Gasteiger partial charge in [-0.2, -0.15) is 0 Å². The van der Waals surface area contributed by atoms with E-state index in [0.717, 1.165) is 20.5 Å². The second-order valence-corrected chi connectivity index (χ2v) is 8.96. The monoisotopic (exact) mass is 534 g/mol. The maximum atomic E-state index is 13.1. The second kappa shape index (κ2) is 10.7. The number of carbonyl (C=O) groups is 4. The molecular weight excluding hydrogens is 512 g/mol. The molecule has 3 amide bonds. The molecule has 0 saturated heterocycles. The fourth-order valence-corrected chi connectivity index (χ4v) is 4.41. The van der Waals surface area contributed by atoms with Gasteiger partial charge < -0.3 is 10.1 Å². The molecule has 0 aromatic heterocycles. The molecule has 8 heteroatoms. The van der Waals surface area contributed by atoms with E-state index in [1.54, 1.807) is 60.7 Å². The van der Waals surface area contributed by atoms with Crippen molar-refractivity contribution in [3.8, 4) is 0 Å². The summed E-state index contributed by atoms with van der Waals surface area (Å²) < 4.78 is 6.20. The Bertz CT molecular complexity index is 1260. The van der Waals surface area contributed by atoms with E-state index >= 15 is 0 Å². The highest BCUT2D eigenvalue weighted by Gasteiger charge is 2.43. The lowest BCUT2D eigenvalue weighted by atomic mass is 10.0. The Morgan fingerprint density at radius 1 is 0.943 bits per heavy atom. The van der Waals surface area contributed by atoms with E-state index in [0.29, 0.717) is 12.1 Å². The molecule has 1 aliphatic rings. The largest absolute Gasteiger partial charge is 0.454 e. The van der Waals surface area contributed by atoms with Gasteiger partial charge in [0.1, 0.15) is 6.04 Å². The average Bonchev–Trinajstić information content (AvgIpc) is 3.12. The molecule has 4 rings (SSSR count). The number of aryl methyl sites for hydroxylation is 1. The van der Waals surface area contributed by atoms with Gasteiger partial charge in [0.2, 0.25) is 0 Å². The zero-order valence-corrected chi connectivity index (χ0v) is 20.6. The third kappa shape index (κ3) is 5.33. The average molecular weight is 535 g/mol. The molecule has 0 unspecified atom stereocenters. The van der Waals surface area contributed by atoms with Crippen LogP contribution in [0.25, 0.3) is 0 Å². The maximum Gasteiger partial charge on any atom is 0.330 e. The summed E-state index contributed by atoms with van der Waals surface area (Å²) >= 11 is 3.41. The Labute approximate surface area is 211 Å². The van der Waals surface area contributed by atoms with Crippen molar-refractivity contribution < 1.29 is 23.9 Å². The van der Waals surface area contributed by atoms with Crippen LogP contribution in [0.15, 0.2) is 77.3 Å². The third-order valence-corrected chi connectivity index (χ3v) is 6.24. The van der Waals surface area contributed by atoms with E-state index in [-0.39, 0.29) is 17.5 Å². The van der Waals surface area contributed by atoms with Crippen molar-refractivity contribution in [2.75, 3.05) is 11.9 Å².